The van der Waals surface area contributed by atoms with E-state index in [2.05, 4.69) is 48.3 Å². The molecule has 0 atom stereocenters. The molecule has 0 radical (unpaired) electrons. The molecule has 3 aromatic rings. The lowest BCUT2D eigenvalue weighted by molar-refractivity contribution is -0.115. The second kappa shape index (κ2) is 10.7. The van der Waals surface area contributed by atoms with Gasteiger partial charge in [-0.2, -0.15) is 0 Å². The first-order valence-corrected chi connectivity index (χ1v) is 10.6. The number of anilines is 1. The van der Waals surface area contributed by atoms with Gasteiger partial charge in [-0.15, -0.1) is 0 Å². The molecule has 4 heteroatoms. The van der Waals surface area contributed by atoms with Gasteiger partial charge < -0.3 is 10.2 Å². The molecule has 3 nitrogen and oxygen atoms in total. The Bertz CT molecular complexity index is 993. The summed E-state index contributed by atoms with van der Waals surface area (Å²) in [6, 6.07) is 25.5. The summed E-state index contributed by atoms with van der Waals surface area (Å²) in [5.74, 6) is -0.131. The summed E-state index contributed by atoms with van der Waals surface area (Å²) >= 11 is 6.32. The smallest absolute Gasteiger partial charge is 0.252 e. The van der Waals surface area contributed by atoms with Gasteiger partial charge >= 0.3 is 0 Å². The van der Waals surface area contributed by atoms with E-state index in [1.807, 2.05) is 60.7 Å². The summed E-state index contributed by atoms with van der Waals surface area (Å²) in [6.45, 7) is 6.70. The largest absolute Gasteiger partial charge is 0.372 e. The molecule has 0 aliphatic carbocycles. The maximum Gasteiger partial charge on any atom is 0.252 e. The van der Waals surface area contributed by atoms with Gasteiger partial charge in [0.2, 0.25) is 0 Å². The van der Waals surface area contributed by atoms with Gasteiger partial charge in [-0.3, -0.25) is 4.79 Å². The number of amides is 1. The lowest BCUT2D eigenvalue weighted by atomic mass is 10.0. The zero-order valence-electron chi connectivity index (χ0n) is 17.4. The van der Waals surface area contributed by atoms with Crippen LogP contribution in [0.25, 0.3) is 11.6 Å². The Balaban J connectivity index is 1.78. The minimum atomic E-state index is -0.131. The molecular formula is C26H27ClN2O. The molecule has 30 heavy (non-hydrogen) atoms. The molecule has 3 aromatic carbocycles. The number of carbonyl (C=O) groups is 1. The van der Waals surface area contributed by atoms with Crippen molar-refractivity contribution >= 4 is 34.8 Å². The highest BCUT2D eigenvalue weighted by atomic mass is 35.5. The molecule has 1 N–H and O–H groups in total. The number of hydrogen-bond acceptors (Lipinski definition) is 2. The van der Waals surface area contributed by atoms with Crippen molar-refractivity contribution in [2.24, 2.45) is 0 Å². The minimum absolute atomic E-state index is 0.131. The third kappa shape index (κ3) is 5.52. The van der Waals surface area contributed by atoms with Crippen LogP contribution in [0.2, 0.25) is 5.02 Å². The average Bonchev–Trinajstić information content (AvgIpc) is 2.79. The third-order valence-electron chi connectivity index (χ3n) is 5.05. The maximum absolute atomic E-state index is 13.1. The van der Waals surface area contributed by atoms with Crippen LogP contribution in [-0.4, -0.2) is 19.0 Å². The number of benzene rings is 3. The van der Waals surface area contributed by atoms with E-state index in [9.17, 15) is 4.79 Å². The van der Waals surface area contributed by atoms with Gasteiger partial charge in [-0.1, -0.05) is 72.3 Å². The average molecular weight is 419 g/mol. The number of nitrogens with zero attached hydrogens (tertiary/aromatic N) is 1. The molecule has 1 amide bonds. The molecule has 0 bridgehead atoms. The van der Waals surface area contributed by atoms with E-state index >= 15 is 0 Å². The monoisotopic (exact) mass is 418 g/mol. The van der Waals surface area contributed by atoms with Crippen LogP contribution >= 0.6 is 11.6 Å². The second-order valence-corrected chi connectivity index (χ2v) is 7.37. The fourth-order valence-electron chi connectivity index (χ4n) is 3.34. The van der Waals surface area contributed by atoms with Gasteiger partial charge in [0.05, 0.1) is 0 Å². The van der Waals surface area contributed by atoms with Crippen molar-refractivity contribution in [3.8, 4) is 0 Å². The van der Waals surface area contributed by atoms with E-state index < -0.39 is 0 Å². The lowest BCUT2D eigenvalue weighted by Gasteiger charge is -2.21. The fraction of sp³-hybridized carbons (Fsp3) is 0.192. The highest BCUT2D eigenvalue weighted by Crippen LogP contribution is 2.23. The molecule has 0 saturated carbocycles. The predicted octanol–water partition coefficient (Wildman–Crippen LogP) is 6.04. The summed E-state index contributed by atoms with van der Waals surface area (Å²) in [7, 11) is 0. The minimum Gasteiger partial charge on any atom is -0.372 e. The van der Waals surface area contributed by atoms with E-state index in [0.717, 1.165) is 29.8 Å². The number of carbonyl (C=O) groups excluding carboxylic acids is 1. The molecule has 0 spiro atoms. The molecule has 0 heterocycles. The van der Waals surface area contributed by atoms with Crippen LogP contribution in [0.3, 0.4) is 0 Å². The Hall–Kier alpha value is -3.04. The highest BCUT2D eigenvalue weighted by Gasteiger charge is 2.13. The number of nitrogens with one attached hydrogen (secondary N) is 1. The van der Waals surface area contributed by atoms with E-state index in [1.54, 1.807) is 0 Å². The molecular weight excluding hydrogens is 392 g/mol. The van der Waals surface area contributed by atoms with Crippen LogP contribution in [0.4, 0.5) is 5.69 Å². The van der Waals surface area contributed by atoms with Gasteiger partial charge in [0.1, 0.15) is 0 Å². The van der Waals surface area contributed by atoms with Crippen LogP contribution in [0.1, 0.15) is 30.5 Å². The summed E-state index contributed by atoms with van der Waals surface area (Å²) in [5, 5.41) is 3.67. The van der Waals surface area contributed by atoms with Crippen molar-refractivity contribution in [1.29, 1.82) is 0 Å². The summed E-state index contributed by atoms with van der Waals surface area (Å²) in [4.78, 5) is 15.4. The first-order valence-electron chi connectivity index (χ1n) is 10.3. The number of hydrogen-bond donors (Lipinski definition) is 1. The van der Waals surface area contributed by atoms with Crippen LogP contribution in [0.5, 0.6) is 0 Å². The molecule has 0 aliphatic rings. The number of halogens is 1. The van der Waals surface area contributed by atoms with Gasteiger partial charge in [0.25, 0.3) is 5.91 Å². The Morgan fingerprint density at radius 3 is 2.17 bits per heavy atom. The first kappa shape index (κ1) is 21.7. The van der Waals surface area contributed by atoms with E-state index in [1.165, 1.54) is 5.69 Å². The maximum atomic E-state index is 13.1. The van der Waals surface area contributed by atoms with Crippen molar-refractivity contribution in [3.63, 3.8) is 0 Å². The van der Waals surface area contributed by atoms with Crippen molar-refractivity contribution < 1.29 is 4.79 Å². The van der Waals surface area contributed by atoms with E-state index in [-0.39, 0.29) is 5.91 Å². The van der Waals surface area contributed by atoms with Crippen LogP contribution < -0.4 is 10.2 Å². The summed E-state index contributed by atoms with van der Waals surface area (Å²) in [6.07, 6.45) is 1.84. The zero-order chi connectivity index (χ0) is 21.3. The predicted molar refractivity (Wildman–Crippen MR) is 128 cm³/mol. The third-order valence-corrected chi connectivity index (χ3v) is 5.40. The Labute approximate surface area is 184 Å². The van der Waals surface area contributed by atoms with E-state index in [4.69, 9.17) is 11.6 Å². The molecule has 0 fully saturated rings. The van der Waals surface area contributed by atoms with E-state index in [0.29, 0.717) is 17.1 Å². The Morgan fingerprint density at radius 2 is 1.53 bits per heavy atom. The Kier molecular flexibility index (Phi) is 7.69. The quantitative estimate of drug-likeness (QED) is 0.357. The molecule has 0 aliphatic heterocycles. The van der Waals surface area contributed by atoms with Crippen molar-refractivity contribution in [2.45, 2.75) is 20.4 Å². The van der Waals surface area contributed by atoms with Crippen LogP contribution in [-0.2, 0) is 11.3 Å². The highest BCUT2D eigenvalue weighted by molar-refractivity contribution is 6.33. The lowest BCUT2D eigenvalue weighted by Crippen LogP contribution is -2.24. The molecule has 0 aromatic heterocycles. The van der Waals surface area contributed by atoms with Crippen molar-refractivity contribution in [2.75, 3.05) is 18.0 Å². The zero-order valence-corrected chi connectivity index (χ0v) is 18.2. The molecule has 0 saturated heterocycles. The van der Waals surface area contributed by atoms with Crippen molar-refractivity contribution in [3.05, 3.63) is 101 Å². The molecule has 3 rings (SSSR count). The fourth-order valence-corrected chi connectivity index (χ4v) is 3.53. The number of rotatable bonds is 8. The summed E-state index contributed by atoms with van der Waals surface area (Å²) < 4.78 is 0. The van der Waals surface area contributed by atoms with Gasteiger partial charge in [0.15, 0.2) is 0 Å². The normalized spacial score (nSPS) is 11.2. The van der Waals surface area contributed by atoms with Crippen LogP contribution in [0, 0.1) is 0 Å². The SMILES string of the molecule is CCN(CC)c1ccc(CNC(=O)/C(=C/c2ccccc2Cl)c2ccccc2)cc1. The first-order chi connectivity index (χ1) is 14.6. The van der Waals surface area contributed by atoms with Gasteiger partial charge in [0, 0.05) is 35.9 Å². The standard InChI is InChI=1S/C26H27ClN2O/c1-3-29(4-2)23-16-14-20(15-17-23)19-28-26(30)24(21-10-6-5-7-11-21)18-22-12-8-9-13-25(22)27/h5-18H,3-4,19H2,1-2H3,(H,28,30)/b24-18+. The molecule has 154 valence electrons. The van der Waals surface area contributed by atoms with Gasteiger partial charge in [-0.25, -0.2) is 0 Å². The van der Waals surface area contributed by atoms with Crippen LogP contribution in [0.15, 0.2) is 78.9 Å². The molecule has 0 unspecified atom stereocenters. The topological polar surface area (TPSA) is 32.3 Å². The van der Waals surface area contributed by atoms with Gasteiger partial charge in [-0.05, 0) is 54.8 Å². The second-order valence-electron chi connectivity index (χ2n) is 6.97. The summed E-state index contributed by atoms with van der Waals surface area (Å²) in [5.41, 5.74) is 4.51. The Morgan fingerprint density at radius 1 is 0.900 bits per heavy atom. The van der Waals surface area contributed by atoms with Crippen molar-refractivity contribution in [1.82, 2.24) is 5.32 Å².